The number of amides is 1. The van der Waals surface area contributed by atoms with Crippen LogP contribution >= 0.6 is 15.9 Å². The lowest BCUT2D eigenvalue weighted by molar-refractivity contribution is -0.136. The van der Waals surface area contributed by atoms with Gasteiger partial charge in [-0.1, -0.05) is 77.3 Å². The summed E-state index contributed by atoms with van der Waals surface area (Å²) in [5, 5.41) is 11.6. The van der Waals surface area contributed by atoms with Crippen molar-refractivity contribution in [2.45, 2.75) is 52.2 Å². The van der Waals surface area contributed by atoms with E-state index in [0.717, 1.165) is 34.0 Å². The lowest BCUT2D eigenvalue weighted by Gasteiger charge is -2.23. The van der Waals surface area contributed by atoms with Crippen molar-refractivity contribution in [3.63, 3.8) is 0 Å². The Balaban J connectivity index is 1.67. The number of Topliss-reactive ketones (excluding diaryl/α,β-unsaturated/α-hetero) is 1. The maximum atomic E-state index is 13.6. The van der Waals surface area contributed by atoms with Crippen molar-refractivity contribution in [3.8, 4) is 0 Å². The molecule has 170 valence electrons. The third-order valence-electron chi connectivity index (χ3n) is 6.36. The highest BCUT2D eigenvalue weighted by molar-refractivity contribution is 9.10. The van der Waals surface area contributed by atoms with Gasteiger partial charge >= 0.3 is 0 Å². The monoisotopic (exact) mass is 505 g/mol. The smallest absolute Gasteiger partial charge is 0.264 e. The molecule has 4 nitrogen and oxygen atoms in total. The van der Waals surface area contributed by atoms with Crippen molar-refractivity contribution in [1.82, 2.24) is 0 Å². The van der Waals surface area contributed by atoms with Crippen LogP contribution in [0.2, 0.25) is 0 Å². The van der Waals surface area contributed by atoms with E-state index in [1.54, 1.807) is 23.1 Å². The van der Waals surface area contributed by atoms with Crippen molar-refractivity contribution in [2.75, 3.05) is 4.90 Å². The first-order valence-electron chi connectivity index (χ1n) is 11.3. The Morgan fingerprint density at radius 1 is 1.03 bits per heavy atom. The number of benzene rings is 3. The van der Waals surface area contributed by atoms with Gasteiger partial charge in [-0.3, -0.25) is 9.59 Å². The lowest BCUT2D eigenvalue weighted by Crippen LogP contribution is -2.41. The molecule has 1 amide bonds. The van der Waals surface area contributed by atoms with E-state index in [0.29, 0.717) is 23.4 Å². The number of hydrogen-bond acceptors (Lipinski definition) is 3. The summed E-state index contributed by atoms with van der Waals surface area (Å²) < 4.78 is 0.748. The Kier molecular flexibility index (Phi) is 6.55. The molecular formula is C28H28BrNO3. The summed E-state index contributed by atoms with van der Waals surface area (Å²) >= 11 is 3.45. The Labute approximate surface area is 203 Å². The number of aliphatic hydroxyl groups is 1. The van der Waals surface area contributed by atoms with E-state index in [9.17, 15) is 14.7 Å². The number of aryl methyl sites for hydroxylation is 3. The number of halogens is 1. The molecule has 1 aliphatic rings. The predicted molar refractivity (Wildman–Crippen MR) is 135 cm³/mol. The third-order valence-corrected chi connectivity index (χ3v) is 6.85. The fourth-order valence-electron chi connectivity index (χ4n) is 4.47. The van der Waals surface area contributed by atoms with E-state index >= 15 is 0 Å². The van der Waals surface area contributed by atoms with Crippen LogP contribution < -0.4 is 4.90 Å². The van der Waals surface area contributed by atoms with E-state index in [2.05, 4.69) is 28.9 Å². The first-order valence-corrected chi connectivity index (χ1v) is 12.0. The normalized spacial score (nSPS) is 17.4. The van der Waals surface area contributed by atoms with E-state index in [-0.39, 0.29) is 12.2 Å². The summed E-state index contributed by atoms with van der Waals surface area (Å²) in [5.74, 6) is -0.721. The molecule has 33 heavy (non-hydrogen) atoms. The van der Waals surface area contributed by atoms with Crippen LogP contribution in [-0.4, -0.2) is 16.8 Å². The van der Waals surface area contributed by atoms with E-state index in [4.69, 9.17) is 0 Å². The quantitative estimate of drug-likeness (QED) is 0.399. The topological polar surface area (TPSA) is 57.6 Å². The molecule has 1 aliphatic heterocycles. The maximum absolute atomic E-state index is 13.6. The van der Waals surface area contributed by atoms with Gasteiger partial charge in [0.1, 0.15) is 0 Å². The number of hydrogen-bond donors (Lipinski definition) is 1. The van der Waals surface area contributed by atoms with Crippen molar-refractivity contribution < 1.29 is 14.7 Å². The molecule has 3 aromatic carbocycles. The fourth-order valence-corrected chi connectivity index (χ4v) is 4.83. The van der Waals surface area contributed by atoms with Gasteiger partial charge in [0.2, 0.25) is 0 Å². The Hall–Kier alpha value is -2.76. The molecule has 0 saturated heterocycles. The molecule has 0 saturated carbocycles. The van der Waals surface area contributed by atoms with Crippen LogP contribution in [0.15, 0.2) is 65.1 Å². The van der Waals surface area contributed by atoms with Crippen molar-refractivity contribution in [3.05, 3.63) is 98.5 Å². The maximum Gasteiger partial charge on any atom is 0.264 e. The van der Waals surface area contributed by atoms with Crippen LogP contribution in [0.4, 0.5) is 5.69 Å². The number of ketones is 1. The van der Waals surface area contributed by atoms with Gasteiger partial charge in [0.15, 0.2) is 11.4 Å². The second kappa shape index (κ2) is 9.24. The van der Waals surface area contributed by atoms with Crippen LogP contribution in [0.3, 0.4) is 0 Å². The summed E-state index contributed by atoms with van der Waals surface area (Å²) in [6.07, 6.45) is 1.68. The molecule has 0 aliphatic carbocycles. The van der Waals surface area contributed by atoms with Gasteiger partial charge in [-0.25, -0.2) is 0 Å². The van der Waals surface area contributed by atoms with E-state index in [1.807, 2.05) is 50.2 Å². The number of fused-ring (bicyclic) bond motifs is 1. The Morgan fingerprint density at radius 2 is 1.76 bits per heavy atom. The second-order valence-corrected chi connectivity index (χ2v) is 9.81. The second-order valence-electron chi connectivity index (χ2n) is 8.89. The zero-order valence-electron chi connectivity index (χ0n) is 19.2. The number of nitrogens with zero attached hydrogens (tertiary/aromatic N) is 1. The summed E-state index contributed by atoms with van der Waals surface area (Å²) in [6.45, 7) is 6.47. The largest absolute Gasteiger partial charge is 0.375 e. The van der Waals surface area contributed by atoms with Gasteiger partial charge in [-0.05, 0) is 55.2 Å². The molecule has 0 aromatic heterocycles. The molecule has 1 N–H and O–H groups in total. The summed E-state index contributed by atoms with van der Waals surface area (Å²) in [4.78, 5) is 28.3. The van der Waals surface area contributed by atoms with Crippen LogP contribution in [-0.2, 0) is 23.4 Å². The number of rotatable bonds is 7. The molecule has 4 rings (SSSR count). The molecular weight excluding hydrogens is 478 g/mol. The van der Waals surface area contributed by atoms with Crippen molar-refractivity contribution >= 4 is 33.3 Å². The molecule has 0 radical (unpaired) electrons. The average Bonchev–Trinajstić information content (AvgIpc) is 2.98. The zero-order valence-corrected chi connectivity index (χ0v) is 20.8. The lowest BCUT2D eigenvalue weighted by atomic mass is 9.88. The highest BCUT2D eigenvalue weighted by Crippen LogP contribution is 2.45. The van der Waals surface area contributed by atoms with Crippen LogP contribution in [0.5, 0.6) is 0 Å². The molecule has 0 spiro atoms. The molecule has 0 unspecified atom stereocenters. The zero-order chi connectivity index (χ0) is 23.8. The van der Waals surface area contributed by atoms with Gasteiger partial charge in [0, 0.05) is 15.6 Å². The number of carbonyl (C=O) groups is 2. The summed E-state index contributed by atoms with van der Waals surface area (Å²) in [5.41, 5.74) is 4.05. The number of anilines is 1. The molecule has 5 heteroatoms. The molecule has 1 atom stereocenters. The first kappa shape index (κ1) is 23.4. The standard InChI is InChI=1S/C28H28BrNO3/c1-4-5-20-8-10-21(11-9-20)26(31)16-28(33)24-15-23(29)12-13-25(24)30(27(28)32)17-22-14-18(2)6-7-19(22)3/h6-15,33H,4-5,16-17H2,1-3H3/t28-/m0/s1. The predicted octanol–water partition coefficient (Wildman–Crippen LogP) is 6.03. The van der Waals surface area contributed by atoms with Gasteiger partial charge in [-0.15, -0.1) is 0 Å². The average molecular weight is 506 g/mol. The minimum Gasteiger partial charge on any atom is -0.375 e. The van der Waals surface area contributed by atoms with Gasteiger partial charge in [0.25, 0.3) is 5.91 Å². The molecule has 0 fully saturated rings. The molecule has 1 heterocycles. The number of carbonyl (C=O) groups excluding carboxylic acids is 2. The van der Waals surface area contributed by atoms with Gasteiger partial charge < -0.3 is 10.0 Å². The highest BCUT2D eigenvalue weighted by Gasteiger charge is 2.51. The van der Waals surface area contributed by atoms with E-state index < -0.39 is 11.5 Å². The first-order chi connectivity index (χ1) is 15.7. The Morgan fingerprint density at radius 3 is 2.45 bits per heavy atom. The highest BCUT2D eigenvalue weighted by atomic mass is 79.9. The minimum absolute atomic E-state index is 0.256. The van der Waals surface area contributed by atoms with Crippen molar-refractivity contribution in [1.29, 1.82) is 0 Å². The third kappa shape index (κ3) is 4.53. The molecule has 3 aromatic rings. The summed E-state index contributed by atoms with van der Waals surface area (Å²) in [7, 11) is 0. The SMILES string of the molecule is CCCc1ccc(C(=O)C[C@@]2(O)C(=O)N(Cc3cc(C)ccc3C)c3ccc(Br)cc32)cc1. The van der Waals surface area contributed by atoms with Crippen molar-refractivity contribution in [2.24, 2.45) is 0 Å². The fraction of sp³-hybridized carbons (Fsp3) is 0.286. The molecule has 0 bridgehead atoms. The van der Waals surface area contributed by atoms with E-state index in [1.165, 1.54) is 5.56 Å². The summed E-state index contributed by atoms with van der Waals surface area (Å²) in [6, 6.07) is 19.0. The van der Waals surface area contributed by atoms with Crippen LogP contribution in [0, 0.1) is 13.8 Å². The Bertz CT molecular complexity index is 1220. The van der Waals surface area contributed by atoms with Crippen LogP contribution in [0.25, 0.3) is 0 Å². The van der Waals surface area contributed by atoms with Gasteiger partial charge in [0.05, 0.1) is 18.7 Å². The van der Waals surface area contributed by atoms with Crippen LogP contribution in [0.1, 0.15) is 57.9 Å². The minimum atomic E-state index is -1.91. The van der Waals surface area contributed by atoms with Gasteiger partial charge in [-0.2, -0.15) is 0 Å².